The molecule has 14 heteroatoms. The van der Waals surface area contributed by atoms with Gasteiger partial charge in [0.25, 0.3) is 0 Å². The zero-order valence-corrected chi connectivity index (χ0v) is 32.8. The van der Waals surface area contributed by atoms with Crippen LogP contribution in [-0.4, -0.2) is 105 Å². The van der Waals surface area contributed by atoms with E-state index in [1.54, 1.807) is 9.80 Å². The molecule has 1 aliphatic heterocycles. The minimum Gasteiger partial charge on any atom is -0.411 e. The van der Waals surface area contributed by atoms with Gasteiger partial charge in [-0.2, -0.15) is 4.31 Å². The Bertz CT molecular complexity index is 2030. The number of oxime groups is 1. The number of aliphatic hydroxyl groups is 1. The van der Waals surface area contributed by atoms with E-state index in [0.717, 1.165) is 22.4 Å². The second-order valence-corrected chi connectivity index (χ2v) is 17.3. The van der Waals surface area contributed by atoms with Gasteiger partial charge in [-0.15, -0.1) is 0 Å². The SMILES string of the molecule is CC[C@H](C)[C@@H](C(=O)N[C@H](Cc1ccccc1)C(O)CN(CC(C)(C)C)S(=O)(=O)c1ccc(/C=N/O)cc1)N1CCN(Cc2nc3ccccc3n2C)C1=O. The van der Waals surface area contributed by atoms with Crippen LogP contribution < -0.4 is 5.32 Å². The number of hydrogen-bond donors (Lipinski definition) is 3. The van der Waals surface area contributed by atoms with Gasteiger partial charge in [-0.3, -0.25) is 4.79 Å². The summed E-state index contributed by atoms with van der Waals surface area (Å²) in [4.78, 5) is 36.5. The summed E-state index contributed by atoms with van der Waals surface area (Å²) in [6, 6.07) is 21.1. The number of fused-ring (bicyclic) bond motifs is 1. The van der Waals surface area contributed by atoms with Crippen LogP contribution in [0.5, 0.6) is 0 Å². The first-order chi connectivity index (χ1) is 25.6. The third-order valence-electron chi connectivity index (χ3n) is 9.98. The summed E-state index contributed by atoms with van der Waals surface area (Å²) in [6.07, 6.45) is 0.741. The van der Waals surface area contributed by atoms with E-state index in [-0.39, 0.29) is 36.4 Å². The number of carbonyl (C=O) groups excluding carboxylic acids is 2. The summed E-state index contributed by atoms with van der Waals surface area (Å²) in [5, 5.41) is 26.9. The van der Waals surface area contributed by atoms with Crippen molar-refractivity contribution in [2.45, 2.75) is 77.1 Å². The number of aromatic nitrogens is 2. The predicted octanol–water partition coefficient (Wildman–Crippen LogP) is 4.86. The van der Waals surface area contributed by atoms with Gasteiger partial charge in [0, 0.05) is 33.2 Å². The largest absolute Gasteiger partial charge is 0.411 e. The molecule has 13 nitrogen and oxygen atoms in total. The molecule has 1 fully saturated rings. The molecule has 0 spiro atoms. The molecule has 2 heterocycles. The quantitative estimate of drug-likeness (QED) is 0.0836. The van der Waals surface area contributed by atoms with Crippen molar-refractivity contribution in [3.63, 3.8) is 0 Å². The number of imidazole rings is 1. The molecule has 0 radical (unpaired) electrons. The van der Waals surface area contributed by atoms with Gasteiger partial charge < -0.3 is 30.0 Å². The number of sulfonamides is 1. The van der Waals surface area contributed by atoms with Crippen molar-refractivity contribution in [2.75, 3.05) is 26.2 Å². The molecule has 3 N–H and O–H groups in total. The topological polar surface area (TPSA) is 161 Å². The van der Waals surface area contributed by atoms with Gasteiger partial charge in [-0.25, -0.2) is 18.2 Å². The third-order valence-corrected chi connectivity index (χ3v) is 11.8. The maximum atomic E-state index is 14.4. The number of aliphatic hydroxyl groups excluding tert-OH is 1. The van der Waals surface area contributed by atoms with Crippen LogP contribution in [0.3, 0.4) is 0 Å². The molecule has 3 aromatic carbocycles. The van der Waals surface area contributed by atoms with Crippen molar-refractivity contribution >= 4 is 39.2 Å². The van der Waals surface area contributed by atoms with E-state index in [1.165, 1.54) is 34.8 Å². The van der Waals surface area contributed by atoms with Gasteiger partial charge in [-0.05, 0) is 53.1 Å². The molecular weight excluding hydrogens is 707 g/mol. The molecule has 0 aliphatic carbocycles. The van der Waals surface area contributed by atoms with E-state index in [1.807, 2.05) is 101 Å². The Hall–Kier alpha value is -4.79. The number of nitrogens with zero attached hydrogens (tertiary/aromatic N) is 6. The second-order valence-electron chi connectivity index (χ2n) is 15.3. The Morgan fingerprint density at radius 3 is 2.33 bits per heavy atom. The number of carbonyl (C=O) groups is 2. The van der Waals surface area contributed by atoms with Gasteiger partial charge in [0.05, 0.1) is 40.8 Å². The van der Waals surface area contributed by atoms with Crippen LogP contribution in [0.15, 0.2) is 88.9 Å². The summed E-state index contributed by atoms with van der Waals surface area (Å²) in [5.41, 5.74) is 2.71. The van der Waals surface area contributed by atoms with Crippen LogP contribution in [0.1, 0.15) is 58.0 Å². The lowest BCUT2D eigenvalue weighted by Gasteiger charge is -2.35. The Morgan fingerprint density at radius 2 is 1.70 bits per heavy atom. The van der Waals surface area contributed by atoms with Gasteiger partial charge in [0.1, 0.15) is 11.9 Å². The maximum absolute atomic E-state index is 14.4. The summed E-state index contributed by atoms with van der Waals surface area (Å²) in [5.74, 6) is 0.121. The van der Waals surface area contributed by atoms with Crippen LogP contribution in [0.2, 0.25) is 0 Å². The molecule has 54 heavy (non-hydrogen) atoms. The molecule has 290 valence electrons. The molecule has 0 saturated carbocycles. The fraction of sp³-hybridized carbons (Fsp3) is 0.450. The molecule has 1 aliphatic rings. The molecular formula is C40H53N7O6S. The summed E-state index contributed by atoms with van der Waals surface area (Å²) in [7, 11) is -2.18. The number of rotatable bonds is 16. The zero-order chi connectivity index (χ0) is 39.2. The minimum atomic E-state index is -4.11. The van der Waals surface area contributed by atoms with Gasteiger partial charge in [-0.1, -0.05) is 101 Å². The molecule has 5 rings (SSSR count). The van der Waals surface area contributed by atoms with Crippen molar-refractivity contribution in [3.05, 3.63) is 95.8 Å². The Kier molecular flexibility index (Phi) is 12.8. The third kappa shape index (κ3) is 9.46. The number of amides is 3. The number of urea groups is 1. The normalized spacial score (nSPS) is 16.3. The van der Waals surface area contributed by atoms with E-state index in [4.69, 9.17) is 10.2 Å². The molecule has 4 atom stereocenters. The van der Waals surface area contributed by atoms with Crippen molar-refractivity contribution in [1.82, 2.24) is 29.0 Å². The van der Waals surface area contributed by atoms with Crippen molar-refractivity contribution in [2.24, 2.45) is 23.5 Å². The van der Waals surface area contributed by atoms with E-state index in [9.17, 15) is 23.1 Å². The monoisotopic (exact) mass is 759 g/mol. The average Bonchev–Trinajstić information content (AvgIpc) is 3.65. The number of aryl methyl sites for hydroxylation is 1. The highest BCUT2D eigenvalue weighted by atomic mass is 32.2. The fourth-order valence-corrected chi connectivity index (χ4v) is 8.60. The lowest BCUT2D eigenvalue weighted by molar-refractivity contribution is -0.128. The fourth-order valence-electron chi connectivity index (χ4n) is 6.92. The lowest BCUT2D eigenvalue weighted by Crippen LogP contribution is -2.57. The Labute approximate surface area is 318 Å². The van der Waals surface area contributed by atoms with E-state index < -0.39 is 39.5 Å². The van der Waals surface area contributed by atoms with Gasteiger partial charge >= 0.3 is 6.03 Å². The lowest BCUT2D eigenvalue weighted by atomic mass is 9.94. The second kappa shape index (κ2) is 17.1. The van der Waals surface area contributed by atoms with Crippen LogP contribution in [0.25, 0.3) is 11.0 Å². The van der Waals surface area contributed by atoms with E-state index in [2.05, 4.69) is 10.5 Å². The smallest absolute Gasteiger partial charge is 0.321 e. The summed E-state index contributed by atoms with van der Waals surface area (Å²) >= 11 is 0. The van der Waals surface area contributed by atoms with Crippen LogP contribution in [-0.2, 0) is 34.8 Å². The average molecular weight is 760 g/mol. The molecule has 1 unspecified atom stereocenters. The number of hydrogen-bond acceptors (Lipinski definition) is 8. The summed E-state index contributed by atoms with van der Waals surface area (Å²) in [6.45, 7) is 10.5. The molecule has 1 aromatic heterocycles. The van der Waals surface area contributed by atoms with Crippen molar-refractivity contribution in [3.8, 4) is 0 Å². The predicted molar refractivity (Wildman–Crippen MR) is 209 cm³/mol. The number of nitrogens with one attached hydrogen (secondary N) is 1. The van der Waals surface area contributed by atoms with E-state index in [0.29, 0.717) is 31.6 Å². The first-order valence-corrected chi connectivity index (χ1v) is 19.8. The highest BCUT2D eigenvalue weighted by Crippen LogP contribution is 2.26. The molecule has 0 bridgehead atoms. The zero-order valence-electron chi connectivity index (χ0n) is 32.0. The molecule has 3 amide bonds. The van der Waals surface area contributed by atoms with E-state index >= 15 is 0 Å². The van der Waals surface area contributed by atoms with Crippen LogP contribution >= 0.6 is 0 Å². The highest BCUT2D eigenvalue weighted by molar-refractivity contribution is 7.89. The van der Waals surface area contributed by atoms with Gasteiger partial charge in [0.2, 0.25) is 15.9 Å². The summed E-state index contributed by atoms with van der Waals surface area (Å²) < 4.78 is 31.4. The highest BCUT2D eigenvalue weighted by Gasteiger charge is 2.41. The number of benzene rings is 3. The molecule has 4 aromatic rings. The van der Waals surface area contributed by atoms with Crippen LogP contribution in [0, 0.1) is 11.3 Å². The first-order valence-electron chi connectivity index (χ1n) is 18.4. The van der Waals surface area contributed by atoms with Crippen molar-refractivity contribution < 1.29 is 28.3 Å². The maximum Gasteiger partial charge on any atom is 0.321 e. The van der Waals surface area contributed by atoms with Crippen LogP contribution in [0.4, 0.5) is 4.79 Å². The minimum absolute atomic E-state index is 0.0188. The molecule has 1 saturated heterocycles. The Balaban J connectivity index is 1.40. The Morgan fingerprint density at radius 1 is 1.04 bits per heavy atom. The van der Waals surface area contributed by atoms with Gasteiger partial charge in [0.15, 0.2) is 0 Å². The van der Waals surface area contributed by atoms with Crippen molar-refractivity contribution in [1.29, 1.82) is 0 Å². The standard InChI is InChI=1S/C40H53N7O6S/c1-7-28(2)37(47-22-21-45(39(47)50)26-36-42-32-15-11-12-16-34(32)44(36)6)38(49)43-33(23-29-13-9-8-10-14-29)35(48)25-46(27-40(3,4)5)54(52,53)31-19-17-30(18-20-31)24-41-51/h8-20,24,28,33,35,37,48,51H,7,21-23,25-27H2,1-6H3,(H,43,49)/b41-24+/t28-,33+,35?,37-/m0/s1. The number of para-hydroxylation sites is 2. The first kappa shape index (κ1) is 40.4.